The summed E-state index contributed by atoms with van der Waals surface area (Å²) in [6, 6.07) is 24.6. The Morgan fingerprint density at radius 3 is 2.22 bits per heavy atom. The minimum atomic E-state index is -3.67. The maximum absolute atomic E-state index is 12.9. The monoisotopic (exact) mass is 447 g/mol. The molecule has 1 heterocycles. The summed E-state index contributed by atoms with van der Waals surface area (Å²) in [5, 5.41) is 1.02. The van der Waals surface area contributed by atoms with Crippen molar-refractivity contribution < 1.29 is 8.42 Å². The molecule has 0 aliphatic heterocycles. The van der Waals surface area contributed by atoms with Crippen molar-refractivity contribution in [2.24, 2.45) is 0 Å². The van der Waals surface area contributed by atoms with E-state index in [-0.39, 0.29) is 4.90 Å². The number of rotatable bonds is 9. The zero-order valence-electron chi connectivity index (χ0n) is 18.5. The van der Waals surface area contributed by atoms with E-state index >= 15 is 0 Å². The van der Waals surface area contributed by atoms with Crippen LogP contribution in [0.15, 0.2) is 90.0 Å². The van der Waals surface area contributed by atoms with Gasteiger partial charge in [0.2, 0.25) is 0 Å². The molecule has 4 rings (SSSR count). The van der Waals surface area contributed by atoms with Crippen molar-refractivity contribution in [1.82, 2.24) is 9.47 Å². The van der Waals surface area contributed by atoms with Gasteiger partial charge in [0, 0.05) is 35.9 Å². The molecule has 3 aromatic carbocycles. The predicted molar refractivity (Wildman–Crippen MR) is 132 cm³/mol. The Balaban J connectivity index is 1.50. The van der Waals surface area contributed by atoms with E-state index in [0.29, 0.717) is 5.69 Å². The lowest BCUT2D eigenvalue weighted by Gasteiger charge is -2.18. The summed E-state index contributed by atoms with van der Waals surface area (Å²) in [4.78, 5) is 2.63. The molecule has 0 unspecified atom stereocenters. The third kappa shape index (κ3) is 4.87. The first-order valence-electron chi connectivity index (χ1n) is 11.0. The fraction of sp³-hybridized carbons (Fsp3) is 0.231. The summed E-state index contributed by atoms with van der Waals surface area (Å²) in [7, 11) is -3.67. The summed E-state index contributed by atoms with van der Waals surface area (Å²) in [6.45, 7) is 8.31. The van der Waals surface area contributed by atoms with Crippen molar-refractivity contribution in [2.45, 2.75) is 25.3 Å². The summed E-state index contributed by atoms with van der Waals surface area (Å²) >= 11 is 0. The fourth-order valence-corrected chi connectivity index (χ4v) is 4.97. The highest BCUT2D eigenvalue weighted by molar-refractivity contribution is 7.92. The molecule has 0 aliphatic rings. The molecule has 0 radical (unpaired) electrons. The van der Waals surface area contributed by atoms with Crippen LogP contribution in [-0.2, 0) is 16.6 Å². The van der Waals surface area contributed by atoms with Crippen LogP contribution in [0.2, 0.25) is 0 Å². The first kappa shape index (κ1) is 22.1. The minimum Gasteiger partial charge on any atom is -0.346 e. The lowest BCUT2D eigenvalue weighted by Crippen LogP contribution is -2.26. The first-order chi connectivity index (χ1) is 15.5. The zero-order valence-corrected chi connectivity index (χ0v) is 19.3. The van der Waals surface area contributed by atoms with Crippen molar-refractivity contribution in [3.05, 3.63) is 85.1 Å². The quantitative estimate of drug-likeness (QED) is 0.371. The molecular weight excluding hydrogens is 418 g/mol. The molecule has 4 aromatic rings. The van der Waals surface area contributed by atoms with E-state index in [1.165, 1.54) is 0 Å². The van der Waals surface area contributed by atoms with Crippen LogP contribution in [0, 0.1) is 0 Å². The third-order valence-electron chi connectivity index (χ3n) is 5.85. The molecule has 0 fully saturated rings. The Morgan fingerprint density at radius 1 is 0.844 bits per heavy atom. The topological polar surface area (TPSA) is 54.3 Å². The molecule has 0 atom stereocenters. The number of anilines is 1. The smallest absolute Gasteiger partial charge is 0.261 e. The third-order valence-corrected chi connectivity index (χ3v) is 7.24. The number of nitrogens with one attached hydrogen (secondary N) is 1. The molecule has 5 nitrogen and oxygen atoms in total. The predicted octanol–water partition coefficient (Wildman–Crippen LogP) is 5.45. The van der Waals surface area contributed by atoms with Gasteiger partial charge in [-0.15, -0.1) is 0 Å². The number of nitrogens with zero attached hydrogens (tertiary/aromatic N) is 2. The molecule has 1 aromatic heterocycles. The molecule has 0 amide bonds. The Bertz CT molecular complexity index is 1280. The van der Waals surface area contributed by atoms with Crippen LogP contribution < -0.4 is 4.72 Å². The summed E-state index contributed by atoms with van der Waals surface area (Å²) in [5.74, 6) is 0. The molecule has 0 saturated heterocycles. The number of fused-ring (bicyclic) bond motifs is 1. The molecular formula is C26H29N3O2S. The van der Waals surface area contributed by atoms with E-state index in [4.69, 9.17) is 0 Å². The molecule has 0 saturated carbocycles. The van der Waals surface area contributed by atoms with Crippen LogP contribution in [0.4, 0.5) is 5.69 Å². The van der Waals surface area contributed by atoms with Crippen molar-refractivity contribution >= 4 is 26.6 Å². The largest absolute Gasteiger partial charge is 0.346 e. The second-order valence-corrected chi connectivity index (χ2v) is 9.49. The SMILES string of the molecule is CCN(CC)CCn1ccc2cc(NS(=O)(=O)c3ccc(-c4ccccc4)cc3)ccc21. The molecule has 0 bridgehead atoms. The normalized spacial score (nSPS) is 11.8. The number of sulfonamides is 1. The van der Waals surface area contributed by atoms with Gasteiger partial charge in [0.25, 0.3) is 10.0 Å². The van der Waals surface area contributed by atoms with E-state index in [1.807, 2.05) is 66.7 Å². The summed E-state index contributed by atoms with van der Waals surface area (Å²) < 4.78 is 30.8. The van der Waals surface area contributed by atoms with E-state index in [9.17, 15) is 8.42 Å². The zero-order chi connectivity index (χ0) is 22.6. The van der Waals surface area contributed by atoms with Crippen LogP contribution in [0.3, 0.4) is 0 Å². The van der Waals surface area contributed by atoms with Crippen LogP contribution in [-0.4, -0.2) is 37.5 Å². The minimum absolute atomic E-state index is 0.245. The molecule has 32 heavy (non-hydrogen) atoms. The van der Waals surface area contributed by atoms with Crippen molar-refractivity contribution in [1.29, 1.82) is 0 Å². The van der Waals surface area contributed by atoms with E-state index < -0.39 is 10.0 Å². The molecule has 1 N–H and O–H groups in total. The van der Waals surface area contributed by atoms with Gasteiger partial charge in [-0.05, 0) is 60.6 Å². The molecule has 0 spiro atoms. The Labute approximate surface area is 190 Å². The van der Waals surface area contributed by atoms with Gasteiger partial charge in [0.15, 0.2) is 0 Å². The number of likely N-dealkylation sites (N-methyl/N-ethyl adjacent to an activating group) is 1. The first-order valence-corrected chi connectivity index (χ1v) is 12.5. The van der Waals surface area contributed by atoms with Gasteiger partial charge in [-0.1, -0.05) is 56.3 Å². The van der Waals surface area contributed by atoms with Gasteiger partial charge < -0.3 is 9.47 Å². The van der Waals surface area contributed by atoms with Crippen molar-refractivity contribution in [3.63, 3.8) is 0 Å². The average molecular weight is 448 g/mol. The highest BCUT2D eigenvalue weighted by Crippen LogP contribution is 2.25. The van der Waals surface area contributed by atoms with Gasteiger partial charge >= 0.3 is 0 Å². The Kier molecular flexibility index (Phi) is 6.63. The Hall–Kier alpha value is -3.09. The lowest BCUT2D eigenvalue weighted by atomic mass is 10.1. The molecule has 166 valence electrons. The standard InChI is InChI=1S/C26H29N3O2S/c1-3-28(4-2)18-19-29-17-16-23-20-24(12-15-26(23)29)27-32(30,31)25-13-10-22(11-14-25)21-8-6-5-7-9-21/h5-17,20,27H,3-4,18-19H2,1-2H3. The highest BCUT2D eigenvalue weighted by atomic mass is 32.2. The molecule has 0 aliphatic carbocycles. The summed E-state index contributed by atoms with van der Waals surface area (Å²) in [6.07, 6.45) is 2.06. The van der Waals surface area contributed by atoms with E-state index in [0.717, 1.165) is 48.2 Å². The number of aromatic nitrogens is 1. The van der Waals surface area contributed by atoms with Gasteiger partial charge in [0.05, 0.1) is 4.90 Å². The van der Waals surface area contributed by atoms with Crippen LogP contribution in [0.25, 0.3) is 22.0 Å². The van der Waals surface area contributed by atoms with E-state index in [1.54, 1.807) is 12.1 Å². The number of hydrogen-bond acceptors (Lipinski definition) is 3. The van der Waals surface area contributed by atoms with Crippen molar-refractivity contribution in [3.8, 4) is 11.1 Å². The number of benzene rings is 3. The van der Waals surface area contributed by atoms with Crippen LogP contribution >= 0.6 is 0 Å². The van der Waals surface area contributed by atoms with Gasteiger partial charge in [-0.2, -0.15) is 0 Å². The maximum Gasteiger partial charge on any atom is 0.261 e. The maximum atomic E-state index is 12.9. The fourth-order valence-electron chi connectivity index (χ4n) is 3.92. The average Bonchev–Trinajstić information content (AvgIpc) is 3.22. The van der Waals surface area contributed by atoms with Crippen molar-refractivity contribution in [2.75, 3.05) is 24.4 Å². The van der Waals surface area contributed by atoms with Gasteiger partial charge in [-0.3, -0.25) is 4.72 Å². The number of hydrogen-bond donors (Lipinski definition) is 1. The Morgan fingerprint density at radius 2 is 1.53 bits per heavy atom. The van der Waals surface area contributed by atoms with Crippen LogP contribution in [0.1, 0.15) is 13.8 Å². The van der Waals surface area contributed by atoms with E-state index in [2.05, 4.69) is 34.2 Å². The molecule has 6 heteroatoms. The second kappa shape index (κ2) is 9.59. The van der Waals surface area contributed by atoms with Gasteiger partial charge in [-0.25, -0.2) is 8.42 Å². The summed E-state index contributed by atoms with van der Waals surface area (Å²) in [5.41, 5.74) is 3.70. The lowest BCUT2D eigenvalue weighted by molar-refractivity contribution is 0.292. The van der Waals surface area contributed by atoms with Gasteiger partial charge in [0.1, 0.15) is 0 Å². The highest BCUT2D eigenvalue weighted by Gasteiger charge is 2.15. The second-order valence-electron chi connectivity index (χ2n) is 7.81. The van der Waals surface area contributed by atoms with Crippen LogP contribution in [0.5, 0.6) is 0 Å².